The van der Waals surface area contributed by atoms with E-state index in [2.05, 4.69) is 31.0 Å². The molecule has 0 unspecified atom stereocenters. The molecule has 258 valence electrons. The first kappa shape index (κ1) is 33.5. The van der Waals surface area contributed by atoms with Gasteiger partial charge in [-0.2, -0.15) is 0 Å². The Morgan fingerprint density at radius 3 is 2.57 bits per heavy atom. The standard InChI is InChI=1S/C33H33F3N6O7/c34-33(35,36)49-20-9-10-23-21(12-20)28(45)22(16-37-23)29(46)39-24(4-1-2-6-26(43)38-19-7-8-19)30(47)40-25-5-3-11-42(31(25)48)17-27(44)41-32-13-18(14-32)15-32/h2-3,5-6,9-12,16,18-19,24H,1,4,7-8,13-15,17H2,(H,37,45)(H,38,43)(H,39,46)(H,40,47)(H,41,44)/b6-2+/t18?,24-,32?/m0/s1. The number of fused-ring (bicyclic) bond motifs is 1. The number of aromatic nitrogens is 2. The smallest absolute Gasteiger partial charge is 0.506 e. The topological polar surface area (TPSA) is 181 Å². The van der Waals surface area contributed by atoms with Crippen LogP contribution in [0, 0.1) is 5.92 Å². The van der Waals surface area contributed by atoms with E-state index >= 15 is 0 Å². The molecule has 3 aromatic rings. The Kier molecular flexibility index (Phi) is 9.05. The molecule has 2 heterocycles. The Balaban J connectivity index is 1.17. The number of ether oxygens (including phenoxy) is 1. The van der Waals surface area contributed by atoms with Gasteiger partial charge in [0.05, 0.1) is 5.52 Å². The highest BCUT2D eigenvalue weighted by molar-refractivity contribution is 6.05. The van der Waals surface area contributed by atoms with E-state index in [1.807, 2.05) is 0 Å². The molecular weight excluding hydrogens is 649 g/mol. The van der Waals surface area contributed by atoms with Gasteiger partial charge < -0.3 is 35.7 Å². The molecule has 7 rings (SSSR count). The zero-order chi connectivity index (χ0) is 34.9. The van der Waals surface area contributed by atoms with Crippen LogP contribution in [0.4, 0.5) is 18.9 Å². The van der Waals surface area contributed by atoms with E-state index in [0.717, 1.165) is 55.0 Å². The number of allylic oxidation sites excluding steroid dienone is 1. The molecule has 4 amide bonds. The molecule has 0 radical (unpaired) electrons. The van der Waals surface area contributed by atoms with Crippen LogP contribution in [-0.2, 0) is 20.9 Å². The number of amides is 4. The highest BCUT2D eigenvalue weighted by Gasteiger charge is 2.57. The molecule has 4 aliphatic rings. The molecule has 2 aromatic heterocycles. The highest BCUT2D eigenvalue weighted by Crippen LogP contribution is 2.56. The van der Waals surface area contributed by atoms with E-state index in [9.17, 15) is 42.3 Å². The molecule has 0 spiro atoms. The molecule has 13 nitrogen and oxygen atoms in total. The van der Waals surface area contributed by atoms with Crippen LogP contribution in [0.1, 0.15) is 55.3 Å². The third-order valence-electron chi connectivity index (χ3n) is 8.76. The van der Waals surface area contributed by atoms with Crippen LogP contribution < -0.4 is 31.6 Å². The summed E-state index contributed by atoms with van der Waals surface area (Å²) < 4.78 is 43.4. The van der Waals surface area contributed by atoms with Crippen molar-refractivity contribution in [1.82, 2.24) is 25.5 Å². The number of carbonyl (C=O) groups excluding carboxylic acids is 4. The number of nitrogens with zero attached hydrogens (tertiary/aromatic N) is 2. The Morgan fingerprint density at radius 2 is 1.90 bits per heavy atom. The molecule has 0 aliphatic heterocycles. The predicted molar refractivity (Wildman–Crippen MR) is 168 cm³/mol. The van der Waals surface area contributed by atoms with Gasteiger partial charge in [-0.1, -0.05) is 6.08 Å². The molecular formula is C33H33F3N6O7. The number of nitrogens with one attached hydrogen (secondary N) is 4. The summed E-state index contributed by atoms with van der Waals surface area (Å²) in [6.45, 7) is -0.257. The van der Waals surface area contributed by atoms with Crippen LogP contribution >= 0.6 is 0 Å². The molecule has 0 saturated heterocycles. The molecule has 4 fully saturated rings. The van der Waals surface area contributed by atoms with Gasteiger partial charge in [-0.25, -0.2) is 0 Å². The maximum Gasteiger partial charge on any atom is 0.573 e. The Labute approximate surface area is 276 Å². The summed E-state index contributed by atoms with van der Waals surface area (Å²) >= 11 is 0. The first-order valence-corrected chi connectivity index (χ1v) is 15.7. The molecule has 16 heteroatoms. The fourth-order valence-corrected chi connectivity index (χ4v) is 6.05. The van der Waals surface area contributed by atoms with Crippen molar-refractivity contribution in [1.29, 1.82) is 0 Å². The minimum atomic E-state index is -5.00. The van der Waals surface area contributed by atoms with Crippen molar-refractivity contribution < 1.29 is 42.2 Å². The Morgan fingerprint density at radius 1 is 1.14 bits per heavy atom. The zero-order valence-electron chi connectivity index (χ0n) is 26.0. The monoisotopic (exact) mass is 682 g/mol. The zero-order valence-corrected chi connectivity index (χ0v) is 26.0. The third-order valence-corrected chi connectivity index (χ3v) is 8.76. The van der Waals surface area contributed by atoms with Crippen LogP contribution in [0.25, 0.3) is 10.9 Å². The van der Waals surface area contributed by atoms with Gasteiger partial charge in [0.15, 0.2) is 0 Å². The lowest BCUT2D eigenvalue weighted by Gasteiger charge is -2.61. The SMILES string of the molecule is O=C(/C=C/CC[C@H](NC(=O)c1cnc2ccc(OC(F)(F)F)cc2c1O)C(=O)Nc1cccn(CC(=O)NC23CC(C2)C3)c1=O)NC1CC1. The van der Waals surface area contributed by atoms with Gasteiger partial charge in [-0.3, -0.25) is 29.0 Å². The third kappa shape index (κ3) is 8.01. The van der Waals surface area contributed by atoms with E-state index in [4.69, 9.17) is 0 Å². The second-order valence-electron chi connectivity index (χ2n) is 12.7. The van der Waals surface area contributed by atoms with Gasteiger partial charge in [-0.15, -0.1) is 13.2 Å². The number of alkyl halides is 3. The maximum atomic E-state index is 13.5. The van der Waals surface area contributed by atoms with Crippen molar-refractivity contribution in [3.8, 4) is 11.5 Å². The molecule has 2 bridgehead atoms. The number of aromatic hydroxyl groups is 1. The number of pyridine rings is 2. The molecule has 4 aliphatic carbocycles. The maximum absolute atomic E-state index is 13.5. The summed E-state index contributed by atoms with van der Waals surface area (Å²) in [5.41, 5.74) is -1.35. The number of halogens is 3. The molecule has 1 aromatic carbocycles. The number of anilines is 1. The normalized spacial score (nSPS) is 20.1. The van der Waals surface area contributed by atoms with Gasteiger partial charge in [0.2, 0.25) is 17.7 Å². The average molecular weight is 683 g/mol. The summed E-state index contributed by atoms with van der Waals surface area (Å²) in [5, 5.41) is 21.4. The summed E-state index contributed by atoms with van der Waals surface area (Å²) in [6, 6.07) is 4.69. The van der Waals surface area contributed by atoms with Crippen molar-refractivity contribution >= 4 is 40.2 Å². The summed E-state index contributed by atoms with van der Waals surface area (Å²) in [6.07, 6.45) is 4.91. The minimum Gasteiger partial charge on any atom is -0.506 e. The average Bonchev–Trinajstić information content (AvgIpc) is 3.81. The van der Waals surface area contributed by atoms with Crippen molar-refractivity contribution in [3.05, 3.63) is 70.8 Å². The second-order valence-corrected chi connectivity index (χ2v) is 12.7. The first-order valence-electron chi connectivity index (χ1n) is 15.7. The number of benzene rings is 1. The summed E-state index contributed by atoms with van der Waals surface area (Å²) in [4.78, 5) is 68.7. The minimum absolute atomic E-state index is 0.0529. The highest BCUT2D eigenvalue weighted by atomic mass is 19.4. The van der Waals surface area contributed by atoms with Crippen molar-refractivity contribution in [3.63, 3.8) is 0 Å². The lowest BCUT2D eigenvalue weighted by Crippen LogP contribution is -2.68. The molecule has 5 N–H and O–H groups in total. The first-order chi connectivity index (χ1) is 23.3. The molecule has 1 atom stereocenters. The van der Waals surface area contributed by atoms with Gasteiger partial charge in [0, 0.05) is 29.4 Å². The number of hydrogen-bond acceptors (Lipinski definition) is 8. The van der Waals surface area contributed by atoms with Gasteiger partial charge in [0.1, 0.15) is 35.3 Å². The van der Waals surface area contributed by atoms with Gasteiger partial charge in [0.25, 0.3) is 11.5 Å². The quantitative estimate of drug-likeness (QED) is 0.171. The fraction of sp³-hybridized carbons (Fsp3) is 0.394. The predicted octanol–water partition coefficient (Wildman–Crippen LogP) is 3.02. The van der Waals surface area contributed by atoms with Crippen LogP contribution in [0.15, 0.2) is 59.7 Å². The Bertz CT molecular complexity index is 1890. The summed E-state index contributed by atoms with van der Waals surface area (Å²) in [5.74, 6) is -3.13. The molecule has 49 heavy (non-hydrogen) atoms. The second kappa shape index (κ2) is 13.2. The van der Waals surface area contributed by atoms with Crippen molar-refractivity contribution in [2.45, 2.75) is 75.5 Å². The number of carbonyl (C=O) groups is 4. The van der Waals surface area contributed by atoms with Crippen molar-refractivity contribution in [2.75, 3.05) is 5.32 Å². The van der Waals surface area contributed by atoms with Gasteiger partial charge in [-0.05, 0) is 87.3 Å². The fourth-order valence-electron chi connectivity index (χ4n) is 6.05. The largest absolute Gasteiger partial charge is 0.573 e. The number of rotatable bonds is 13. The molecule has 4 saturated carbocycles. The van der Waals surface area contributed by atoms with Crippen LogP contribution in [-0.4, -0.2) is 62.3 Å². The van der Waals surface area contributed by atoms with Gasteiger partial charge >= 0.3 is 6.36 Å². The van der Waals surface area contributed by atoms with Crippen molar-refractivity contribution in [2.24, 2.45) is 5.92 Å². The van der Waals surface area contributed by atoms with E-state index in [-0.39, 0.29) is 59.4 Å². The lowest BCUT2D eigenvalue weighted by atomic mass is 9.50. The summed E-state index contributed by atoms with van der Waals surface area (Å²) in [7, 11) is 0. The van der Waals surface area contributed by atoms with E-state index in [0.29, 0.717) is 5.92 Å². The van der Waals surface area contributed by atoms with E-state index in [1.54, 1.807) is 0 Å². The van der Waals surface area contributed by atoms with Crippen LogP contribution in [0.5, 0.6) is 11.5 Å². The van der Waals surface area contributed by atoms with Crippen LogP contribution in [0.3, 0.4) is 0 Å². The lowest BCUT2D eigenvalue weighted by molar-refractivity contribution is -0.274. The van der Waals surface area contributed by atoms with Crippen LogP contribution in [0.2, 0.25) is 0 Å². The number of hydrogen-bond donors (Lipinski definition) is 5. The Hall–Kier alpha value is -5.41. The van der Waals surface area contributed by atoms with E-state index < -0.39 is 46.8 Å². The van der Waals surface area contributed by atoms with E-state index in [1.165, 1.54) is 36.5 Å².